The van der Waals surface area contributed by atoms with Gasteiger partial charge in [0.1, 0.15) is 0 Å². The van der Waals surface area contributed by atoms with Crippen LogP contribution in [0.4, 0.5) is 0 Å². The first-order chi connectivity index (χ1) is 8.90. The van der Waals surface area contributed by atoms with E-state index in [9.17, 15) is 0 Å². The van der Waals surface area contributed by atoms with E-state index < -0.39 is 0 Å². The fourth-order valence-electron chi connectivity index (χ4n) is 2.20. The quantitative estimate of drug-likeness (QED) is 0.763. The summed E-state index contributed by atoms with van der Waals surface area (Å²) >= 11 is 0. The van der Waals surface area contributed by atoms with E-state index in [0.717, 1.165) is 17.8 Å². The molecule has 18 heavy (non-hydrogen) atoms. The van der Waals surface area contributed by atoms with Crippen LogP contribution in [0.25, 0.3) is 22.2 Å². The van der Waals surface area contributed by atoms with Crippen LogP contribution in [0.15, 0.2) is 43.0 Å². The largest absolute Gasteiger partial charge is 0.383 e. The van der Waals surface area contributed by atoms with Crippen molar-refractivity contribution in [1.29, 1.82) is 0 Å². The van der Waals surface area contributed by atoms with Crippen molar-refractivity contribution in [3.63, 3.8) is 0 Å². The molecule has 0 fully saturated rings. The Balaban J connectivity index is 2.06. The summed E-state index contributed by atoms with van der Waals surface area (Å²) in [5, 5.41) is 1.22. The van der Waals surface area contributed by atoms with Gasteiger partial charge in [-0.3, -0.25) is 0 Å². The summed E-state index contributed by atoms with van der Waals surface area (Å²) in [6.45, 7) is 1.50. The molecule has 3 rings (SSSR count). The Bertz CT molecular complexity index is 654. The van der Waals surface area contributed by atoms with Gasteiger partial charge in [0.15, 0.2) is 0 Å². The molecule has 0 aliphatic carbocycles. The third-order valence-electron chi connectivity index (χ3n) is 3.11. The van der Waals surface area contributed by atoms with Gasteiger partial charge in [0, 0.05) is 36.3 Å². The van der Waals surface area contributed by atoms with Gasteiger partial charge in [-0.05, 0) is 6.07 Å². The van der Waals surface area contributed by atoms with Crippen LogP contribution >= 0.6 is 0 Å². The maximum atomic E-state index is 5.12. The van der Waals surface area contributed by atoms with E-state index in [4.69, 9.17) is 4.74 Å². The highest BCUT2D eigenvalue weighted by Gasteiger charge is 2.09. The van der Waals surface area contributed by atoms with Crippen LogP contribution in [-0.4, -0.2) is 28.3 Å². The molecule has 0 aliphatic rings. The first-order valence-electron chi connectivity index (χ1n) is 5.95. The number of aromatic amines is 1. The molecule has 3 aromatic rings. The predicted octanol–water partition coefficient (Wildman–Crippen LogP) is 2.68. The number of para-hydroxylation sites is 1. The molecule has 1 aromatic carbocycles. The number of imidazole rings is 1. The van der Waals surface area contributed by atoms with Gasteiger partial charge in [0.25, 0.3) is 0 Å². The molecular formula is C14H15N3O. The Hall–Kier alpha value is -2.07. The number of benzene rings is 1. The average molecular weight is 241 g/mol. The number of hydrogen-bond donors (Lipinski definition) is 1. The number of H-pyrrole nitrogens is 1. The van der Waals surface area contributed by atoms with Crippen molar-refractivity contribution in [2.24, 2.45) is 0 Å². The zero-order valence-corrected chi connectivity index (χ0v) is 10.3. The van der Waals surface area contributed by atoms with E-state index in [0.29, 0.717) is 6.61 Å². The molecule has 0 aliphatic heterocycles. The molecule has 4 heteroatoms. The summed E-state index contributed by atoms with van der Waals surface area (Å²) < 4.78 is 7.23. The van der Waals surface area contributed by atoms with E-state index in [1.54, 1.807) is 7.11 Å². The molecule has 92 valence electrons. The highest BCUT2D eigenvalue weighted by atomic mass is 16.5. The van der Waals surface area contributed by atoms with Crippen molar-refractivity contribution in [2.75, 3.05) is 13.7 Å². The highest BCUT2D eigenvalue weighted by Crippen LogP contribution is 2.28. The Morgan fingerprint density at radius 2 is 2.22 bits per heavy atom. The molecule has 0 saturated heterocycles. The minimum Gasteiger partial charge on any atom is -0.383 e. The molecule has 0 amide bonds. The van der Waals surface area contributed by atoms with Crippen LogP contribution in [0.2, 0.25) is 0 Å². The number of nitrogens with zero attached hydrogens (tertiary/aromatic N) is 2. The second-order valence-electron chi connectivity index (χ2n) is 4.21. The summed E-state index contributed by atoms with van der Waals surface area (Å²) in [4.78, 5) is 7.52. The number of ether oxygens (including phenoxy) is 1. The molecule has 0 bridgehead atoms. The second-order valence-corrected chi connectivity index (χ2v) is 4.21. The van der Waals surface area contributed by atoms with Crippen molar-refractivity contribution in [1.82, 2.24) is 14.5 Å². The Kier molecular flexibility index (Phi) is 2.86. The van der Waals surface area contributed by atoms with Gasteiger partial charge in [-0.1, -0.05) is 18.2 Å². The van der Waals surface area contributed by atoms with Crippen molar-refractivity contribution in [3.05, 3.63) is 43.0 Å². The minimum atomic E-state index is 0.686. The first kappa shape index (κ1) is 11.0. The lowest BCUT2D eigenvalue weighted by molar-refractivity contribution is 0.187. The fraction of sp³-hybridized carbons (Fsp3) is 0.214. The van der Waals surface area contributed by atoms with E-state index in [-0.39, 0.29) is 0 Å². The normalized spacial score (nSPS) is 11.2. The van der Waals surface area contributed by atoms with Crippen LogP contribution in [0.1, 0.15) is 0 Å². The zero-order valence-electron chi connectivity index (χ0n) is 10.3. The van der Waals surface area contributed by atoms with Gasteiger partial charge < -0.3 is 14.3 Å². The number of hydrogen-bond acceptors (Lipinski definition) is 2. The predicted molar refractivity (Wildman–Crippen MR) is 71.4 cm³/mol. The van der Waals surface area contributed by atoms with Gasteiger partial charge in [-0.15, -0.1) is 0 Å². The van der Waals surface area contributed by atoms with E-state index >= 15 is 0 Å². The third kappa shape index (κ3) is 1.80. The van der Waals surface area contributed by atoms with Crippen LogP contribution in [0, 0.1) is 0 Å². The molecule has 2 aromatic heterocycles. The lowest BCUT2D eigenvalue weighted by atomic mass is 10.1. The van der Waals surface area contributed by atoms with E-state index in [1.165, 1.54) is 10.9 Å². The average Bonchev–Trinajstić information content (AvgIpc) is 3.02. The summed E-state index contributed by atoms with van der Waals surface area (Å²) in [5.41, 5.74) is 3.44. The standard InChI is InChI=1S/C14H15N3O/c1-18-7-6-17-10-15-9-14(17)12-8-16-13-5-3-2-4-11(12)13/h2-5,8-10,16H,6-7H2,1H3. The SMILES string of the molecule is COCCn1cncc1-c1c[nH]c2ccccc12. The Morgan fingerprint density at radius 3 is 3.11 bits per heavy atom. The lowest BCUT2D eigenvalue weighted by Crippen LogP contribution is -2.04. The molecule has 0 atom stereocenters. The van der Waals surface area contributed by atoms with E-state index in [1.807, 2.05) is 24.8 Å². The van der Waals surface area contributed by atoms with Gasteiger partial charge in [-0.25, -0.2) is 4.98 Å². The topological polar surface area (TPSA) is 42.8 Å². The van der Waals surface area contributed by atoms with Crippen LogP contribution in [-0.2, 0) is 11.3 Å². The number of methoxy groups -OCH3 is 1. The molecule has 2 heterocycles. The van der Waals surface area contributed by atoms with Crippen molar-refractivity contribution in [2.45, 2.75) is 6.54 Å². The van der Waals surface area contributed by atoms with Gasteiger partial charge in [-0.2, -0.15) is 0 Å². The van der Waals surface area contributed by atoms with Gasteiger partial charge >= 0.3 is 0 Å². The molecule has 4 nitrogen and oxygen atoms in total. The summed E-state index contributed by atoms with van der Waals surface area (Å²) in [7, 11) is 1.71. The molecule has 1 N–H and O–H groups in total. The van der Waals surface area contributed by atoms with Gasteiger partial charge in [0.2, 0.25) is 0 Å². The van der Waals surface area contributed by atoms with Gasteiger partial charge in [0.05, 0.1) is 24.8 Å². The molecule has 0 saturated carbocycles. The highest BCUT2D eigenvalue weighted by molar-refractivity contribution is 5.94. The van der Waals surface area contributed by atoms with Crippen molar-refractivity contribution >= 4 is 10.9 Å². The summed E-state index contributed by atoms with van der Waals surface area (Å²) in [5.74, 6) is 0. The number of rotatable bonds is 4. The van der Waals surface area contributed by atoms with Crippen LogP contribution in [0.5, 0.6) is 0 Å². The molecule has 0 unspecified atom stereocenters. The second kappa shape index (κ2) is 4.66. The van der Waals surface area contributed by atoms with Crippen LogP contribution in [0.3, 0.4) is 0 Å². The maximum absolute atomic E-state index is 5.12. The van der Waals surface area contributed by atoms with E-state index in [2.05, 4.69) is 32.7 Å². The maximum Gasteiger partial charge on any atom is 0.0951 e. The molecule has 0 spiro atoms. The smallest absolute Gasteiger partial charge is 0.0951 e. The number of aromatic nitrogens is 3. The summed E-state index contributed by atoms with van der Waals surface area (Å²) in [6.07, 6.45) is 5.77. The lowest BCUT2D eigenvalue weighted by Gasteiger charge is -2.06. The summed E-state index contributed by atoms with van der Waals surface area (Å²) in [6, 6.07) is 8.28. The number of nitrogens with one attached hydrogen (secondary N) is 1. The number of fused-ring (bicyclic) bond motifs is 1. The third-order valence-corrected chi connectivity index (χ3v) is 3.11. The molecular weight excluding hydrogens is 226 g/mol. The zero-order chi connectivity index (χ0) is 12.4. The van der Waals surface area contributed by atoms with Crippen molar-refractivity contribution in [3.8, 4) is 11.3 Å². The fourth-order valence-corrected chi connectivity index (χ4v) is 2.20. The minimum absolute atomic E-state index is 0.686. The first-order valence-corrected chi connectivity index (χ1v) is 5.95. The van der Waals surface area contributed by atoms with Crippen molar-refractivity contribution < 1.29 is 4.74 Å². The monoisotopic (exact) mass is 241 g/mol. The Morgan fingerprint density at radius 1 is 1.33 bits per heavy atom. The molecule has 0 radical (unpaired) electrons. The Labute approximate surface area is 105 Å². The van der Waals surface area contributed by atoms with Crippen LogP contribution < -0.4 is 0 Å².